The van der Waals surface area contributed by atoms with E-state index in [-0.39, 0.29) is 12.2 Å². The zero-order valence-electron chi connectivity index (χ0n) is 9.66. The largest absolute Gasteiger partial charge is 0.390 e. The molecule has 0 radical (unpaired) electrons. The van der Waals surface area contributed by atoms with E-state index in [1.54, 1.807) is 0 Å². The fourth-order valence-corrected chi connectivity index (χ4v) is 2.89. The van der Waals surface area contributed by atoms with E-state index in [1.807, 2.05) is 0 Å². The summed E-state index contributed by atoms with van der Waals surface area (Å²) in [5.74, 6) is 0.771. The van der Waals surface area contributed by atoms with Crippen LogP contribution in [0.4, 0.5) is 0 Å². The van der Waals surface area contributed by atoms with Gasteiger partial charge in [0.1, 0.15) is 0 Å². The third kappa shape index (κ3) is 3.46. The first-order chi connectivity index (χ1) is 7.36. The monoisotopic (exact) mass is 212 g/mol. The van der Waals surface area contributed by atoms with Gasteiger partial charge in [-0.3, -0.25) is 0 Å². The van der Waals surface area contributed by atoms with Crippen molar-refractivity contribution in [2.24, 2.45) is 5.92 Å². The normalized spacial score (nSPS) is 34.2. The molecule has 2 unspecified atom stereocenters. The molecule has 2 aliphatic rings. The van der Waals surface area contributed by atoms with Crippen molar-refractivity contribution in [2.45, 2.75) is 70.0 Å². The Kier molecular flexibility index (Phi) is 4.45. The fraction of sp³-hybridized carbons (Fsp3) is 1.00. The number of hydrogen-bond acceptors (Lipinski definition) is 2. The first-order valence-electron chi connectivity index (χ1n) is 6.66. The van der Waals surface area contributed by atoms with Crippen molar-refractivity contribution in [2.75, 3.05) is 6.61 Å². The number of aliphatic hydroxyl groups is 1. The number of hydrogen-bond donors (Lipinski definition) is 1. The Hall–Kier alpha value is -0.0800. The Bertz CT molecular complexity index is 175. The zero-order chi connectivity index (χ0) is 10.5. The van der Waals surface area contributed by atoms with Crippen molar-refractivity contribution in [3.8, 4) is 0 Å². The van der Waals surface area contributed by atoms with Gasteiger partial charge in [0, 0.05) is 6.61 Å². The lowest BCUT2D eigenvalue weighted by Gasteiger charge is -2.30. The number of aliphatic hydroxyl groups excluding tert-OH is 1. The van der Waals surface area contributed by atoms with Gasteiger partial charge < -0.3 is 9.84 Å². The molecule has 15 heavy (non-hydrogen) atoms. The van der Waals surface area contributed by atoms with E-state index in [0.717, 1.165) is 25.4 Å². The van der Waals surface area contributed by atoms with Gasteiger partial charge in [0.15, 0.2) is 0 Å². The molecule has 0 bridgehead atoms. The summed E-state index contributed by atoms with van der Waals surface area (Å²) in [4.78, 5) is 0. The van der Waals surface area contributed by atoms with Crippen LogP contribution in [0.1, 0.15) is 57.8 Å². The lowest BCUT2D eigenvalue weighted by atomic mass is 9.89. The molecule has 0 heterocycles. The summed E-state index contributed by atoms with van der Waals surface area (Å²) in [6.07, 6.45) is 11.2. The SMILES string of the molecule is OC1CCCCC1OCC1CCCCC1. The average Bonchev–Trinajstić information content (AvgIpc) is 2.29. The molecule has 2 fully saturated rings. The van der Waals surface area contributed by atoms with Crippen LogP contribution in [0.25, 0.3) is 0 Å². The van der Waals surface area contributed by atoms with Gasteiger partial charge in [0.05, 0.1) is 12.2 Å². The van der Waals surface area contributed by atoms with Gasteiger partial charge in [-0.25, -0.2) is 0 Å². The van der Waals surface area contributed by atoms with Gasteiger partial charge in [0.2, 0.25) is 0 Å². The van der Waals surface area contributed by atoms with E-state index in [1.165, 1.54) is 44.9 Å². The summed E-state index contributed by atoms with van der Waals surface area (Å²) < 4.78 is 5.88. The van der Waals surface area contributed by atoms with Crippen LogP contribution in [0.5, 0.6) is 0 Å². The van der Waals surface area contributed by atoms with Gasteiger partial charge in [-0.05, 0) is 31.6 Å². The van der Waals surface area contributed by atoms with Gasteiger partial charge >= 0.3 is 0 Å². The maximum Gasteiger partial charge on any atom is 0.0834 e. The van der Waals surface area contributed by atoms with Crippen LogP contribution in [0, 0.1) is 5.92 Å². The highest BCUT2D eigenvalue weighted by molar-refractivity contribution is 4.75. The van der Waals surface area contributed by atoms with Crippen LogP contribution in [-0.4, -0.2) is 23.9 Å². The summed E-state index contributed by atoms with van der Waals surface area (Å²) in [5, 5.41) is 9.77. The Morgan fingerprint density at radius 1 is 0.867 bits per heavy atom. The summed E-state index contributed by atoms with van der Waals surface area (Å²) in [7, 11) is 0. The molecule has 2 heteroatoms. The lowest BCUT2D eigenvalue weighted by Crippen LogP contribution is -2.33. The second-order valence-electron chi connectivity index (χ2n) is 5.23. The topological polar surface area (TPSA) is 29.5 Å². The second kappa shape index (κ2) is 5.86. The third-order valence-electron chi connectivity index (χ3n) is 3.94. The van der Waals surface area contributed by atoms with Crippen molar-refractivity contribution in [3.63, 3.8) is 0 Å². The molecule has 88 valence electrons. The molecule has 0 amide bonds. The Balaban J connectivity index is 1.67. The predicted octanol–water partition coefficient (Wildman–Crippen LogP) is 2.89. The molecule has 2 atom stereocenters. The first-order valence-corrected chi connectivity index (χ1v) is 6.66. The van der Waals surface area contributed by atoms with E-state index >= 15 is 0 Å². The van der Waals surface area contributed by atoms with Crippen LogP contribution in [0.2, 0.25) is 0 Å². The van der Waals surface area contributed by atoms with E-state index in [9.17, 15) is 5.11 Å². The van der Waals surface area contributed by atoms with Crippen LogP contribution < -0.4 is 0 Å². The van der Waals surface area contributed by atoms with Crippen LogP contribution in [0.3, 0.4) is 0 Å². The molecule has 2 saturated carbocycles. The summed E-state index contributed by atoms with van der Waals surface area (Å²) in [6, 6.07) is 0. The summed E-state index contributed by atoms with van der Waals surface area (Å²) in [6.45, 7) is 0.891. The Morgan fingerprint density at radius 3 is 2.27 bits per heavy atom. The van der Waals surface area contributed by atoms with Crippen molar-refractivity contribution < 1.29 is 9.84 Å². The minimum atomic E-state index is -0.192. The molecular formula is C13H24O2. The smallest absolute Gasteiger partial charge is 0.0834 e. The van der Waals surface area contributed by atoms with E-state index in [0.29, 0.717) is 0 Å². The lowest BCUT2D eigenvalue weighted by molar-refractivity contribution is -0.0718. The minimum absolute atomic E-state index is 0.140. The number of ether oxygens (including phenoxy) is 1. The van der Waals surface area contributed by atoms with Crippen molar-refractivity contribution in [3.05, 3.63) is 0 Å². The Labute approximate surface area is 93.0 Å². The molecule has 2 aliphatic carbocycles. The third-order valence-corrected chi connectivity index (χ3v) is 3.94. The second-order valence-corrected chi connectivity index (χ2v) is 5.23. The molecule has 0 aliphatic heterocycles. The average molecular weight is 212 g/mol. The maximum absolute atomic E-state index is 9.77. The van der Waals surface area contributed by atoms with Gasteiger partial charge in [-0.1, -0.05) is 32.1 Å². The molecule has 0 aromatic rings. The van der Waals surface area contributed by atoms with Crippen molar-refractivity contribution in [1.29, 1.82) is 0 Å². The van der Waals surface area contributed by atoms with Crippen LogP contribution >= 0.6 is 0 Å². The fourth-order valence-electron chi connectivity index (χ4n) is 2.89. The van der Waals surface area contributed by atoms with E-state index in [2.05, 4.69) is 0 Å². The minimum Gasteiger partial charge on any atom is -0.390 e. The highest BCUT2D eigenvalue weighted by atomic mass is 16.5. The highest BCUT2D eigenvalue weighted by Crippen LogP contribution is 2.26. The zero-order valence-corrected chi connectivity index (χ0v) is 9.66. The number of rotatable bonds is 3. The van der Waals surface area contributed by atoms with Gasteiger partial charge in [-0.2, -0.15) is 0 Å². The van der Waals surface area contributed by atoms with Crippen LogP contribution in [0.15, 0.2) is 0 Å². The molecular weight excluding hydrogens is 188 g/mol. The van der Waals surface area contributed by atoms with Crippen LogP contribution in [-0.2, 0) is 4.74 Å². The molecule has 0 aromatic heterocycles. The molecule has 0 spiro atoms. The van der Waals surface area contributed by atoms with Crippen molar-refractivity contribution >= 4 is 0 Å². The first kappa shape index (κ1) is 11.4. The standard InChI is InChI=1S/C13H24O2/c14-12-8-4-5-9-13(12)15-10-11-6-2-1-3-7-11/h11-14H,1-10H2. The molecule has 0 aromatic carbocycles. The van der Waals surface area contributed by atoms with Gasteiger partial charge in [-0.15, -0.1) is 0 Å². The molecule has 2 rings (SSSR count). The molecule has 1 N–H and O–H groups in total. The summed E-state index contributed by atoms with van der Waals surface area (Å²) >= 11 is 0. The summed E-state index contributed by atoms with van der Waals surface area (Å²) in [5.41, 5.74) is 0. The maximum atomic E-state index is 9.77. The quantitative estimate of drug-likeness (QED) is 0.779. The van der Waals surface area contributed by atoms with E-state index < -0.39 is 0 Å². The highest BCUT2D eigenvalue weighted by Gasteiger charge is 2.24. The van der Waals surface area contributed by atoms with E-state index in [4.69, 9.17) is 4.74 Å². The molecule has 2 nitrogen and oxygen atoms in total. The predicted molar refractivity (Wildman–Crippen MR) is 60.8 cm³/mol. The van der Waals surface area contributed by atoms with Gasteiger partial charge in [0.25, 0.3) is 0 Å². The Morgan fingerprint density at radius 2 is 1.53 bits per heavy atom. The van der Waals surface area contributed by atoms with Crippen molar-refractivity contribution in [1.82, 2.24) is 0 Å². The molecule has 0 saturated heterocycles.